The number of nitrogens with two attached hydrogens (primary N) is 1. The first-order valence-corrected chi connectivity index (χ1v) is 6.39. The molecule has 0 bridgehead atoms. The van der Waals surface area contributed by atoms with Crippen molar-refractivity contribution in [2.24, 2.45) is 5.73 Å². The molecule has 1 unspecified atom stereocenters. The van der Waals surface area contributed by atoms with Gasteiger partial charge in [-0.3, -0.25) is 0 Å². The molecule has 2 N–H and O–H groups in total. The van der Waals surface area contributed by atoms with E-state index in [0.29, 0.717) is 0 Å². The van der Waals surface area contributed by atoms with E-state index in [1.807, 2.05) is 17.8 Å². The molecule has 1 aromatic carbocycles. The molecule has 1 aliphatic rings. The Bertz CT molecular complexity index is 365. The maximum atomic E-state index is 6.20. The minimum atomic E-state index is 0.171. The lowest BCUT2D eigenvalue weighted by molar-refractivity contribution is 0.410. The molecule has 0 fully saturated rings. The monoisotopic (exact) mass is 223 g/mol. The minimum Gasteiger partial charge on any atom is -0.496 e. The summed E-state index contributed by atoms with van der Waals surface area (Å²) in [5.41, 5.74) is 10.1. The normalized spacial score (nSPS) is 20.6. The highest BCUT2D eigenvalue weighted by Crippen LogP contribution is 2.36. The smallest absolute Gasteiger partial charge is 0.123 e. The summed E-state index contributed by atoms with van der Waals surface area (Å²) in [6.07, 6.45) is 1.06. The minimum absolute atomic E-state index is 0.171. The number of fused-ring (bicyclic) bond motifs is 1. The Morgan fingerprint density at radius 1 is 1.47 bits per heavy atom. The molecule has 3 heteroatoms. The SMILES string of the molecule is COc1ccc(C)c2c1CSCCC2N. The third-order valence-electron chi connectivity index (χ3n) is 2.94. The van der Waals surface area contributed by atoms with Gasteiger partial charge >= 0.3 is 0 Å². The average Bonchev–Trinajstić information content (AvgIpc) is 2.42. The van der Waals surface area contributed by atoms with Crippen LogP contribution in [0.5, 0.6) is 5.75 Å². The molecule has 0 aromatic heterocycles. The number of ether oxygens (including phenoxy) is 1. The summed E-state index contributed by atoms with van der Waals surface area (Å²) in [5.74, 6) is 3.15. The Balaban J connectivity index is 2.55. The molecule has 1 heterocycles. The fourth-order valence-electron chi connectivity index (χ4n) is 2.15. The van der Waals surface area contributed by atoms with Crippen LogP contribution < -0.4 is 10.5 Å². The van der Waals surface area contributed by atoms with Crippen LogP contribution in [-0.2, 0) is 5.75 Å². The van der Waals surface area contributed by atoms with Crippen LogP contribution in [0.25, 0.3) is 0 Å². The zero-order valence-electron chi connectivity index (χ0n) is 9.25. The topological polar surface area (TPSA) is 35.2 Å². The highest BCUT2D eigenvalue weighted by Gasteiger charge is 2.20. The van der Waals surface area contributed by atoms with E-state index < -0.39 is 0 Å². The van der Waals surface area contributed by atoms with E-state index in [9.17, 15) is 0 Å². The predicted molar refractivity (Wildman–Crippen MR) is 65.4 cm³/mol. The number of methoxy groups -OCH3 is 1. The van der Waals surface area contributed by atoms with Crippen molar-refractivity contribution in [3.05, 3.63) is 28.8 Å². The molecule has 2 nitrogen and oxygen atoms in total. The van der Waals surface area contributed by atoms with Gasteiger partial charge < -0.3 is 10.5 Å². The van der Waals surface area contributed by atoms with Gasteiger partial charge in [0.2, 0.25) is 0 Å². The Morgan fingerprint density at radius 2 is 2.27 bits per heavy atom. The first-order chi connectivity index (χ1) is 7.24. The van der Waals surface area contributed by atoms with Gasteiger partial charge in [0.25, 0.3) is 0 Å². The molecular formula is C12H17NOS. The average molecular weight is 223 g/mol. The van der Waals surface area contributed by atoms with Crippen molar-refractivity contribution in [2.45, 2.75) is 25.1 Å². The van der Waals surface area contributed by atoms with Crippen molar-refractivity contribution in [3.63, 3.8) is 0 Å². The molecule has 1 atom stereocenters. The molecule has 0 radical (unpaired) electrons. The van der Waals surface area contributed by atoms with Gasteiger partial charge in [-0.15, -0.1) is 0 Å². The lowest BCUT2D eigenvalue weighted by Gasteiger charge is -2.17. The quantitative estimate of drug-likeness (QED) is 0.795. The zero-order valence-corrected chi connectivity index (χ0v) is 10.1. The van der Waals surface area contributed by atoms with E-state index in [2.05, 4.69) is 13.0 Å². The van der Waals surface area contributed by atoms with Crippen LogP contribution in [0.4, 0.5) is 0 Å². The van der Waals surface area contributed by atoms with Crippen molar-refractivity contribution in [3.8, 4) is 5.75 Å². The Hall–Kier alpha value is -0.670. The molecule has 0 saturated heterocycles. The van der Waals surface area contributed by atoms with E-state index in [4.69, 9.17) is 10.5 Å². The van der Waals surface area contributed by atoms with E-state index in [0.717, 1.165) is 23.7 Å². The largest absolute Gasteiger partial charge is 0.496 e. The van der Waals surface area contributed by atoms with Crippen LogP contribution in [0.2, 0.25) is 0 Å². The standard InChI is InChI=1S/C12H17NOS/c1-8-3-4-11(14-2)9-7-15-6-5-10(13)12(8)9/h3-4,10H,5-7,13H2,1-2H3. The first kappa shape index (κ1) is 10.8. The van der Waals surface area contributed by atoms with E-state index >= 15 is 0 Å². The van der Waals surface area contributed by atoms with Crippen LogP contribution in [0.3, 0.4) is 0 Å². The van der Waals surface area contributed by atoms with Crippen LogP contribution in [0, 0.1) is 6.92 Å². The molecule has 0 saturated carbocycles. The van der Waals surface area contributed by atoms with Gasteiger partial charge in [-0.05, 0) is 36.3 Å². The Kier molecular flexibility index (Phi) is 3.22. The maximum Gasteiger partial charge on any atom is 0.123 e. The molecule has 15 heavy (non-hydrogen) atoms. The van der Waals surface area contributed by atoms with Crippen molar-refractivity contribution >= 4 is 11.8 Å². The number of rotatable bonds is 1. The fraction of sp³-hybridized carbons (Fsp3) is 0.500. The molecule has 1 aliphatic heterocycles. The molecular weight excluding hydrogens is 206 g/mol. The van der Waals surface area contributed by atoms with Crippen LogP contribution in [0.1, 0.15) is 29.2 Å². The van der Waals surface area contributed by atoms with Crippen molar-refractivity contribution < 1.29 is 4.74 Å². The summed E-state index contributed by atoms with van der Waals surface area (Å²) in [6.45, 7) is 2.13. The van der Waals surface area contributed by atoms with E-state index in [-0.39, 0.29) is 6.04 Å². The van der Waals surface area contributed by atoms with Gasteiger partial charge in [-0.25, -0.2) is 0 Å². The summed E-state index contributed by atoms with van der Waals surface area (Å²) in [4.78, 5) is 0. The fourth-order valence-corrected chi connectivity index (χ4v) is 3.21. The van der Waals surface area contributed by atoms with Crippen LogP contribution in [0.15, 0.2) is 12.1 Å². The van der Waals surface area contributed by atoms with Crippen LogP contribution in [-0.4, -0.2) is 12.9 Å². The number of aryl methyl sites for hydroxylation is 1. The predicted octanol–water partition coefficient (Wildman–Crippen LogP) is 2.64. The zero-order chi connectivity index (χ0) is 10.8. The highest BCUT2D eigenvalue weighted by atomic mass is 32.2. The Morgan fingerprint density at radius 3 is 3.00 bits per heavy atom. The van der Waals surface area contributed by atoms with Crippen LogP contribution >= 0.6 is 11.8 Å². The number of benzene rings is 1. The molecule has 0 aliphatic carbocycles. The van der Waals surface area contributed by atoms with E-state index in [1.165, 1.54) is 16.7 Å². The van der Waals surface area contributed by atoms with Gasteiger partial charge in [-0.2, -0.15) is 11.8 Å². The second kappa shape index (κ2) is 4.45. The lowest BCUT2D eigenvalue weighted by Crippen LogP contribution is -2.13. The Labute approximate surface area is 95.2 Å². The summed E-state index contributed by atoms with van der Waals surface area (Å²) in [5, 5.41) is 0. The molecule has 0 amide bonds. The summed E-state index contributed by atoms with van der Waals surface area (Å²) in [7, 11) is 1.73. The van der Waals surface area contributed by atoms with E-state index in [1.54, 1.807) is 7.11 Å². The first-order valence-electron chi connectivity index (χ1n) is 5.23. The molecule has 0 spiro atoms. The lowest BCUT2D eigenvalue weighted by atomic mass is 9.94. The molecule has 1 aromatic rings. The number of thioether (sulfide) groups is 1. The maximum absolute atomic E-state index is 6.20. The second-order valence-corrected chi connectivity index (χ2v) is 5.03. The van der Waals surface area contributed by atoms with Gasteiger partial charge in [0.1, 0.15) is 5.75 Å². The van der Waals surface area contributed by atoms with Gasteiger partial charge in [0.15, 0.2) is 0 Å². The third kappa shape index (κ3) is 1.99. The van der Waals surface area contributed by atoms with Crippen molar-refractivity contribution in [2.75, 3.05) is 12.9 Å². The van der Waals surface area contributed by atoms with Crippen molar-refractivity contribution in [1.29, 1.82) is 0 Å². The third-order valence-corrected chi connectivity index (χ3v) is 3.96. The number of hydrogen-bond acceptors (Lipinski definition) is 3. The van der Waals surface area contributed by atoms with Gasteiger partial charge in [0.05, 0.1) is 7.11 Å². The van der Waals surface area contributed by atoms with Gasteiger partial charge in [0, 0.05) is 17.4 Å². The summed E-state index contributed by atoms with van der Waals surface area (Å²) >= 11 is 1.94. The van der Waals surface area contributed by atoms with Gasteiger partial charge in [-0.1, -0.05) is 6.07 Å². The summed E-state index contributed by atoms with van der Waals surface area (Å²) in [6, 6.07) is 4.32. The summed E-state index contributed by atoms with van der Waals surface area (Å²) < 4.78 is 5.40. The second-order valence-electron chi connectivity index (χ2n) is 3.92. The van der Waals surface area contributed by atoms with Crippen molar-refractivity contribution in [1.82, 2.24) is 0 Å². The molecule has 82 valence electrons. The highest BCUT2D eigenvalue weighted by molar-refractivity contribution is 7.98. The number of hydrogen-bond donors (Lipinski definition) is 1. The molecule has 2 rings (SSSR count).